The molecule has 0 bridgehead atoms. The highest BCUT2D eigenvalue weighted by Crippen LogP contribution is 2.47. The van der Waals surface area contributed by atoms with Gasteiger partial charge in [-0.3, -0.25) is 4.79 Å². The van der Waals surface area contributed by atoms with Gasteiger partial charge in [-0.1, -0.05) is 45.9 Å². The molecule has 2 N–H and O–H groups in total. The molecule has 1 amide bonds. The highest BCUT2D eigenvalue weighted by atomic mass is 79.9. The number of carbonyl (C=O) groups excluding carboxylic acids is 1. The third-order valence-corrected chi connectivity index (χ3v) is 6.87. The Balaban J connectivity index is 1.71. The van der Waals surface area contributed by atoms with Crippen LogP contribution >= 0.6 is 27.7 Å². The maximum Gasteiger partial charge on any atom is 0.257 e. The van der Waals surface area contributed by atoms with Crippen LogP contribution in [0, 0.1) is 11.7 Å². The molecule has 2 aliphatic heterocycles. The number of rotatable bonds is 3. The summed E-state index contributed by atoms with van der Waals surface area (Å²) in [6.45, 7) is 0.0566. The van der Waals surface area contributed by atoms with E-state index in [0.29, 0.717) is 28.5 Å². The molecule has 152 valence electrons. The smallest absolute Gasteiger partial charge is 0.257 e. The molecular formula is C21H20BrFN2O3S. The first-order valence-electron chi connectivity index (χ1n) is 9.29. The molecule has 1 fully saturated rings. The Morgan fingerprint density at radius 2 is 2.14 bits per heavy atom. The summed E-state index contributed by atoms with van der Waals surface area (Å²) in [7, 11) is 0. The van der Waals surface area contributed by atoms with Crippen molar-refractivity contribution >= 4 is 38.8 Å². The Hall–Kier alpha value is -1.74. The number of amides is 1. The van der Waals surface area contributed by atoms with E-state index in [-0.39, 0.29) is 37.0 Å². The molecule has 0 spiro atoms. The van der Waals surface area contributed by atoms with Crippen molar-refractivity contribution in [2.24, 2.45) is 10.9 Å². The Labute approximate surface area is 180 Å². The summed E-state index contributed by atoms with van der Waals surface area (Å²) in [6, 6.07) is 13.7. The van der Waals surface area contributed by atoms with Crippen molar-refractivity contribution in [2.45, 2.75) is 18.1 Å². The van der Waals surface area contributed by atoms with E-state index >= 15 is 0 Å². The quantitative estimate of drug-likeness (QED) is 0.705. The summed E-state index contributed by atoms with van der Waals surface area (Å²) in [5.74, 6) is -0.0157. The van der Waals surface area contributed by atoms with Crippen LogP contribution < -0.4 is 5.32 Å². The van der Waals surface area contributed by atoms with Crippen molar-refractivity contribution < 1.29 is 19.0 Å². The number of ether oxygens (including phenoxy) is 1. The normalized spacial score (nSPS) is 26.4. The van der Waals surface area contributed by atoms with E-state index in [1.807, 2.05) is 6.07 Å². The summed E-state index contributed by atoms with van der Waals surface area (Å²) >= 11 is 4.85. The average molecular weight is 479 g/mol. The number of hydrogen-bond acceptors (Lipinski definition) is 5. The second-order valence-electron chi connectivity index (χ2n) is 7.14. The molecule has 0 radical (unpaired) electrons. The number of hydrogen-bond donors (Lipinski definition) is 2. The molecule has 3 unspecified atom stereocenters. The van der Waals surface area contributed by atoms with Crippen molar-refractivity contribution in [3.05, 3.63) is 69.9 Å². The Morgan fingerprint density at radius 1 is 1.34 bits per heavy atom. The monoisotopic (exact) mass is 478 g/mol. The van der Waals surface area contributed by atoms with Gasteiger partial charge >= 0.3 is 0 Å². The van der Waals surface area contributed by atoms with Crippen LogP contribution in [-0.4, -0.2) is 41.3 Å². The zero-order valence-corrected chi connectivity index (χ0v) is 17.9. The molecule has 2 aliphatic rings. The highest BCUT2D eigenvalue weighted by Gasteiger charge is 2.49. The fraction of sp³-hybridized carbons (Fsp3) is 0.333. The maximum atomic E-state index is 14.9. The number of thioether (sulfide) groups is 1. The number of halogens is 2. The third kappa shape index (κ3) is 4.12. The molecule has 2 aromatic carbocycles. The van der Waals surface area contributed by atoms with Gasteiger partial charge in [-0.2, -0.15) is 0 Å². The lowest BCUT2D eigenvalue weighted by Crippen LogP contribution is -2.51. The second kappa shape index (κ2) is 8.55. The van der Waals surface area contributed by atoms with Gasteiger partial charge in [0.05, 0.1) is 19.3 Å². The van der Waals surface area contributed by atoms with E-state index in [4.69, 9.17) is 9.73 Å². The lowest BCUT2D eigenvalue weighted by molar-refractivity contribution is -0.0771. The van der Waals surface area contributed by atoms with Gasteiger partial charge in [0.1, 0.15) is 11.4 Å². The minimum Gasteiger partial charge on any atom is -0.394 e. The molecule has 4 rings (SSSR count). The summed E-state index contributed by atoms with van der Waals surface area (Å²) in [6.07, 6.45) is 0.276. The fourth-order valence-electron chi connectivity index (χ4n) is 3.80. The van der Waals surface area contributed by atoms with Crippen LogP contribution in [0.4, 0.5) is 4.39 Å². The fourth-order valence-corrected chi connectivity index (χ4v) is 5.33. The van der Waals surface area contributed by atoms with Gasteiger partial charge in [0.2, 0.25) is 0 Å². The number of aliphatic hydroxyl groups is 1. The molecule has 0 aromatic heterocycles. The summed E-state index contributed by atoms with van der Waals surface area (Å²) in [5, 5.41) is 12.8. The molecule has 3 atom stereocenters. The van der Waals surface area contributed by atoms with Crippen LogP contribution in [0.1, 0.15) is 22.3 Å². The van der Waals surface area contributed by atoms with Crippen LogP contribution in [-0.2, 0) is 10.3 Å². The summed E-state index contributed by atoms with van der Waals surface area (Å²) in [5.41, 5.74) is 0.00486. The van der Waals surface area contributed by atoms with Gasteiger partial charge in [0.15, 0.2) is 5.17 Å². The molecule has 29 heavy (non-hydrogen) atoms. The van der Waals surface area contributed by atoms with Crippen molar-refractivity contribution in [2.75, 3.05) is 19.0 Å². The number of nitrogens with zero attached hydrogens (tertiary/aromatic N) is 1. The second-order valence-corrected chi connectivity index (χ2v) is 9.07. The maximum absolute atomic E-state index is 14.9. The molecule has 8 heteroatoms. The average Bonchev–Trinajstić information content (AvgIpc) is 2.75. The number of aliphatic hydroxyl groups excluding tert-OH is 1. The zero-order chi connectivity index (χ0) is 20.4. The first kappa shape index (κ1) is 20.5. The Bertz CT molecular complexity index is 943. The minimum atomic E-state index is -0.954. The number of carbonyl (C=O) groups is 1. The van der Waals surface area contributed by atoms with E-state index in [2.05, 4.69) is 21.2 Å². The van der Waals surface area contributed by atoms with E-state index in [0.717, 1.165) is 4.47 Å². The number of amidine groups is 1. The number of nitrogens with one attached hydrogen (secondary N) is 1. The molecule has 2 heterocycles. The van der Waals surface area contributed by atoms with Crippen molar-refractivity contribution in [3.8, 4) is 0 Å². The first-order valence-corrected chi connectivity index (χ1v) is 11.1. The standard InChI is InChI=1S/C21H20BrFN2O3S/c22-15-6-7-18(23)17(9-15)21-12-28-16(10-26)8-14(21)11-29-20(25-21)24-19(27)13-4-2-1-3-5-13/h1-7,9,14,16,26H,8,10-12H2,(H,24,25,27). The molecule has 1 saturated heterocycles. The van der Waals surface area contributed by atoms with Crippen molar-refractivity contribution in [1.29, 1.82) is 0 Å². The Morgan fingerprint density at radius 3 is 2.90 bits per heavy atom. The SMILES string of the molecule is O=C(NC1=NC2(c3cc(Br)ccc3F)COC(CO)CC2CS1)c1ccccc1. The van der Waals surface area contributed by atoms with E-state index in [9.17, 15) is 14.3 Å². The minimum absolute atomic E-state index is 0.0282. The lowest BCUT2D eigenvalue weighted by atomic mass is 9.75. The van der Waals surface area contributed by atoms with Crippen LogP contribution in [0.15, 0.2) is 58.0 Å². The zero-order valence-electron chi connectivity index (χ0n) is 15.5. The molecule has 5 nitrogen and oxygen atoms in total. The molecular weight excluding hydrogens is 459 g/mol. The van der Waals surface area contributed by atoms with Crippen LogP contribution in [0.3, 0.4) is 0 Å². The molecule has 2 aromatic rings. The van der Waals surface area contributed by atoms with Crippen molar-refractivity contribution in [3.63, 3.8) is 0 Å². The topological polar surface area (TPSA) is 70.9 Å². The third-order valence-electron chi connectivity index (χ3n) is 5.34. The highest BCUT2D eigenvalue weighted by molar-refractivity contribution is 9.10. The number of aliphatic imine (C=N–C) groups is 1. The predicted molar refractivity (Wildman–Crippen MR) is 115 cm³/mol. The lowest BCUT2D eigenvalue weighted by Gasteiger charge is -2.46. The largest absolute Gasteiger partial charge is 0.394 e. The molecule has 0 aliphatic carbocycles. The van der Waals surface area contributed by atoms with Gasteiger partial charge < -0.3 is 15.2 Å². The Kier molecular flexibility index (Phi) is 6.06. The molecule has 0 saturated carbocycles. The van der Waals surface area contributed by atoms with Gasteiger partial charge in [-0.25, -0.2) is 9.38 Å². The van der Waals surface area contributed by atoms with Crippen LogP contribution in [0.25, 0.3) is 0 Å². The van der Waals surface area contributed by atoms with E-state index in [1.54, 1.807) is 36.4 Å². The van der Waals surface area contributed by atoms with Crippen LogP contribution in [0.2, 0.25) is 0 Å². The van der Waals surface area contributed by atoms with E-state index in [1.165, 1.54) is 17.8 Å². The number of benzene rings is 2. The summed E-state index contributed by atoms with van der Waals surface area (Å²) in [4.78, 5) is 17.4. The van der Waals surface area contributed by atoms with Gasteiger partial charge in [0, 0.05) is 27.3 Å². The predicted octanol–water partition coefficient (Wildman–Crippen LogP) is 3.71. The first-order chi connectivity index (χ1) is 14.0. The number of fused-ring (bicyclic) bond motifs is 1. The van der Waals surface area contributed by atoms with Gasteiger partial charge in [0.25, 0.3) is 5.91 Å². The van der Waals surface area contributed by atoms with Gasteiger partial charge in [-0.15, -0.1) is 0 Å². The van der Waals surface area contributed by atoms with E-state index < -0.39 is 5.54 Å². The van der Waals surface area contributed by atoms with Crippen molar-refractivity contribution in [1.82, 2.24) is 5.32 Å². The summed E-state index contributed by atoms with van der Waals surface area (Å²) < 4.78 is 21.4. The van der Waals surface area contributed by atoms with Gasteiger partial charge in [-0.05, 0) is 36.8 Å². The van der Waals surface area contributed by atoms with Crippen LogP contribution in [0.5, 0.6) is 0 Å².